The van der Waals surface area contributed by atoms with Gasteiger partial charge in [0.05, 0.1) is 61.9 Å². The molecule has 0 radical (unpaired) electrons. The molecule has 3 aromatic heterocycles. The lowest BCUT2D eigenvalue weighted by Gasteiger charge is -2.26. The van der Waals surface area contributed by atoms with E-state index in [-0.39, 0.29) is 111 Å². The van der Waals surface area contributed by atoms with E-state index in [1.165, 1.54) is 104 Å². The van der Waals surface area contributed by atoms with E-state index in [0.29, 0.717) is 24.3 Å². The fourth-order valence-corrected chi connectivity index (χ4v) is 13.6. The van der Waals surface area contributed by atoms with Crippen LogP contribution in [0.25, 0.3) is 0 Å². The molecular formula is C81H63Br3Cl2F19N9O9. The van der Waals surface area contributed by atoms with Gasteiger partial charge in [-0.05, 0) is 247 Å². The Balaban J connectivity index is 0.000000193. The lowest BCUT2D eigenvalue weighted by Crippen LogP contribution is -2.35. The van der Waals surface area contributed by atoms with Crippen LogP contribution in [0.1, 0.15) is 145 Å². The van der Waals surface area contributed by atoms with Crippen molar-refractivity contribution in [1.82, 2.24) is 15.0 Å². The number of benzene rings is 6. The molecule has 3 fully saturated rings. The monoisotopic (exact) mass is 1970 g/mol. The lowest BCUT2D eigenvalue weighted by molar-refractivity contribution is -0.229. The van der Waals surface area contributed by atoms with Crippen LogP contribution in [0.15, 0.2) is 159 Å². The van der Waals surface area contributed by atoms with Crippen molar-refractivity contribution < 1.29 is 126 Å². The molecule has 0 aliphatic heterocycles. The maximum Gasteiger partial charge on any atom is 0.426 e. The van der Waals surface area contributed by atoms with Gasteiger partial charge in [0, 0.05) is 68.3 Å². The molecule has 3 aliphatic carbocycles. The highest BCUT2D eigenvalue weighted by Crippen LogP contribution is 2.50. The molecule has 3 aliphatic rings. The van der Waals surface area contributed by atoms with E-state index in [4.69, 9.17) is 23.2 Å². The number of carbonyl (C=O) groups is 6. The van der Waals surface area contributed by atoms with Gasteiger partial charge in [-0.1, -0.05) is 41.4 Å². The zero-order valence-corrected chi connectivity index (χ0v) is 69.9. The third kappa shape index (κ3) is 23.6. The molecule has 2 atom stereocenters. The summed E-state index contributed by atoms with van der Waals surface area (Å²) in [4.78, 5) is 93.9. The summed E-state index contributed by atoms with van der Waals surface area (Å²) in [7, 11) is 0. The Morgan fingerprint density at radius 3 is 1.04 bits per heavy atom. The van der Waals surface area contributed by atoms with E-state index in [2.05, 4.69) is 92.9 Å². The van der Waals surface area contributed by atoms with Gasteiger partial charge in [0.2, 0.25) is 17.3 Å². The second kappa shape index (κ2) is 38.8. The summed E-state index contributed by atoms with van der Waals surface area (Å²) in [6.07, 6.45) is -2.42. The van der Waals surface area contributed by atoms with E-state index >= 15 is 13.2 Å². The molecule has 123 heavy (non-hydrogen) atoms. The van der Waals surface area contributed by atoms with Gasteiger partial charge in [-0.15, -0.1) is 0 Å². The average molecular weight is 1980 g/mol. The van der Waals surface area contributed by atoms with Crippen LogP contribution < -0.4 is 44.9 Å². The number of amides is 6. The Morgan fingerprint density at radius 1 is 0.423 bits per heavy atom. The second-order valence-electron chi connectivity index (χ2n) is 28.6. The van der Waals surface area contributed by atoms with Crippen LogP contribution in [-0.2, 0) is 17.0 Å². The smallest absolute Gasteiger partial charge is 0.426 e. The highest BCUT2D eigenvalue weighted by atomic mass is 79.9. The van der Waals surface area contributed by atoms with Gasteiger partial charge in [-0.25, -0.2) is 41.3 Å². The maximum absolute atomic E-state index is 15.8. The number of alkyl halides is 15. The minimum atomic E-state index is -5.42. The molecular weight excluding hydrogens is 1910 g/mol. The molecule has 42 heteroatoms. The van der Waals surface area contributed by atoms with E-state index in [0.717, 1.165) is 84.9 Å². The first-order chi connectivity index (χ1) is 57.5. The highest BCUT2D eigenvalue weighted by molar-refractivity contribution is 9.11. The number of halogens is 24. The number of nitrogens with zero attached hydrogens (tertiary/aromatic N) is 6. The van der Waals surface area contributed by atoms with Crippen molar-refractivity contribution in [3.05, 3.63) is 243 Å². The Labute approximate surface area is 721 Å². The zero-order chi connectivity index (χ0) is 90.4. The predicted octanol–water partition coefficient (Wildman–Crippen LogP) is 23.8. The Bertz CT molecular complexity index is 5230. The van der Waals surface area contributed by atoms with Crippen molar-refractivity contribution in [2.75, 3.05) is 50.3 Å². The predicted molar refractivity (Wildman–Crippen MR) is 424 cm³/mol. The number of nitrogens with one attached hydrogen (secondary N) is 3. The van der Waals surface area contributed by atoms with Gasteiger partial charge >= 0.3 is 32.2 Å². The van der Waals surface area contributed by atoms with Gasteiger partial charge in [0.25, 0.3) is 35.4 Å². The summed E-state index contributed by atoms with van der Waals surface area (Å²) < 4.78 is 275. The molecule has 0 bridgehead atoms. The first-order valence-electron chi connectivity index (χ1n) is 36.2. The summed E-state index contributed by atoms with van der Waals surface area (Å²) in [6.45, 7) is -7.17. The molecule has 0 spiro atoms. The van der Waals surface area contributed by atoms with Crippen LogP contribution >= 0.6 is 71.0 Å². The molecule has 6 amide bonds. The van der Waals surface area contributed by atoms with Gasteiger partial charge < -0.3 is 44.9 Å². The second-order valence-corrected chi connectivity index (χ2v) is 31.9. The number of hydrogen-bond donors (Lipinski definition) is 3. The first-order valence-corrected chi connectivity index (χ1v) is 39.3. The minimum absolute atomic E-state index is 0.0154. The molecule has 654 valence electrons. The zero-order valence-electron chi connectivity index (χ0n) is 63.6. The largest absolute Gasteiger partial charge is 0.433 e. The third-order valence-corrected chi connectivity index (χ3v) is 21.3. The Morgan fingerprint density at radius 2 is 0.748 bits per heavy atom. The normalized spacial score (nSPS) is 14.4. The van der Waals surface area contributed by atoms with E-state index in [1.54, 1.807) is 0 Å². The van der Waals surface area contributed by atoms with Crippen LogP contribution in [0.4, 0.5) is 118 Å². The quantitative estimate of drug-likeness (QED) is 0.0324. The molecule has 0 saturated heterocycles. The fourth-order valence-electron chi connectivity index (χ4n) is 11.7. The molecule has 3 heterocycles. The summed E-state index contributed by atoms with van der Waals surface area (Å²) in [5.41, 5.74) is -15.7. The fraction of sp³-hybridized carbons (Fsp3) is 0.296. The SMILES string of the molecule is CC(C)(F)c1cc(Br)c(NC(=O)c2cccc(N(CC3CC3)C(=O)c3ccnc(Cl)c3)c2F)c(OC(F)F)c1.CC(F)(c1cc(Br)c(NC(=O)c2cccc(N(CC3CC3)C(=O)c3ccc(Cl)nc3)c2F)c(OC(F)F)c1)C(F)(F)F.CC(F)(c1cc(Br)c(NC(=O)c2cccc(N(CC3CC3)C(=O)c3ccc(F)nc3)c2F)c(OC(F)F)c1)C(F)(F)F. The number of carbonyl (C=O) groups excluding carboxylic acids is 6. The molecule has 18 nitrogen and oxygen atoms in total. The molecule has 2 unspecified atom stereocenters. The number of aromatic nitrogens is 3. The highest BCUT2D eigenvalue weighted by Gasteiger charge is 2.55. The van der Waals surface area contributed by atoms with Crippen molar-refractivity contribution >= 4 is 141 Å². The van der Waals surface area contributed by atoms with Crippen LogP contribution in [0.2, 0.25) is 10.3 Å². The molecule has 3 saturated carbocycles. The number of pyridine rings is 3. The molecule has 12 rings (SSSR count). The average Bonchev–Trinajstić information content (AvgIpc) is 1.17. The van der Waals surface area contributed by atoms with Crippen LogP contribution in [0.5, 0.6) is 17.2 Å². The van der Waals surface area contributed by atoms with Crippen molar-refractivity contribution in [3.63, 3.8) is 0 Å². The van der Waals surface area contributed by atoms with Gasteiger partial charge in [-0.2, -0.15) is 57.1 Å². The van der Waals surface area contributed by atoms with Gasteiger partial charge in [-0.3, -0.25) is 28.8 Å². The van der Waals surface area contributed by atoms with E-state index in [9.17, 15) is 99.0 Å². The minimum Gasteiger partial charge on any atom is -0.433 e. The van der Waals surface area contributed by atoms with Crippen molar-refractivity contribution in [2.24, 2.45) is 17.8 Å². The number of ether oxygens (including phenoxy) is 3. The Kier molecular flexibility index (Phi) is 30.0. The van der Waals surface area contributed by atoms with Gasteiger partial charge in [0.15, 0.2) is 34.7 Å². The first kappa shape index (κ1) is 94.9. The molecule has 9 aromatic rings. The number of hydrogen-bond acceptors (Lipinski definition) is 12. The van der Waals surface area contributed by atoms with Crippen LogP contribution in [0.3, 0.4) is 0 Å². The summed E-state index contributed by atoms with van der Waals surface area (Å²) in [6, 6.07) is 23.1. The standard InChI is InChI=1S/C27H20BrClF7N3O3.C27H23BrClF4N3O3.C27H20BrF8N3O3/c1-26(33,27(34,35)36)15-9-17(28)22(19(10-15)42-25(31)32)38-23(40)16-3-2-4-18(21(16)30)39(12-13-5-6-13)24(41)14-7-8-20(29)37-11-14;1-27(2,33)16-11-18(28)23(20(12-16)39-26(31)32)35-24(37)17-4-3-5-19(22(17)30)36(13-14-6-7-14)25(38)15-8-9-34-21(29)10-15;1-26(33,27(34,35)36)15-9-17(28)22(19(10-15)42-25(31)32)38-23(40)16-3-2-4-18(21(16)30)39(12-13-5-6-13)24(41)14-7-8-20(29)37-11-14/h2-4,7-11,13,25H,5-6,12H2,1H3,(H,38,40);3-5,8-12,14,26H,6-7,13H2,1-2H3,(H,35,37);2-4,7-11,13,25H,5-6,12H2,1H3,(H,38,40). The van der Waals surface area contributed by atoms with Crippen LogP contribution in [0, 0.1) is 41.2 Å². The Hall–Kier alpha value is -10.3. The van der Waals surface area contributed by atoms with E-state index < -0.39 is 173 Å². The van der Waals surface area contributed by atoms with Gasteiger partial charge in [0.1, 0.15) is 16.0 Å². The topological polar surface area (TPSA) is 215 Å². The number of rotatable bonds is 27. The third-order valence-electron chi connectivity index (χ3n) is 19.0. The summed E-state index contributed by atoms with van der Waals surface area (Å²) in [5.74, 6) is -11.7. The molecule has 3 N–H and O–H groups in total. The summed E-state index contributed by atoms with van der Waals surface area (Å²) >= 11 is 20.6. The lowest BCUT2D eigenvalue weighted by atomic mass is 9.96. The van der Waals surface area contributed by atoms with Crippen LogP contribution in [-0.4, -0.2) is 102 Å². The van der Waals surface area contributed by atoms with Crippen molar-refractivity contribution in [1.29, 1.82) is 0 Å². The van der Waals surface area contributed by atoms with Crippen molar-refractivity contribution in [2.45, 2.75) is 115 Å². The summed E-state index contributed by atoms with van der Waals surface area (Å²) in [5, 5.41) is 6.83. The number of anilines is 6. The van der Waals surface area contributed by atoms with E-state index in [1.807, 2.05) is 0 Å². The maximum atomic E-state index is 15.8. The molecule has 6 aromatic carbocycles. The van der Waals surface area contributed by atoms with Crippen molar-refractivity contribution in [3.8, 4) is 17.2 Å².